The van der Waals surface area contributed by atoms with Gasteiger partial charge in [-0.05, 0) is 12.8 Å². The van der Waals surface area contributed by atoms with Crippen LogP contribution in [-0.4, -0.2) is 27.9 Å². The fraction of sp³-hybridized carbons (Fsp3) is 0.833. The number of rotatable bonds is 2. The molecule has 1 aromatic rings. The Balaban J connectivity index is 1.79. The third-order valence-electron chi connectivity index (χ3n) is 3.93. The zero-order chi connectivity index (χ0) is 11.0. The Kier molecular flexibility index (Phi) is 2.67. The molecule has 0 spiro atoms. The van der Waals surface area contributed by atoms with Crippen LogP contribution in [0.5, 0.6) is 0 Å². The second-order valence-corrected chi connectivity index (χ2v) is 5.14. The Bertz CT molecular complexity index is 361. The molecule has 0 radical (unpaired) electrons. The van der Waals surface area contributed by atoms with Crippen LogP contribution < -0.4 is 5.32 Å². The summed E-state index contributed by atoms with van der Waals surface area (Å²) in [6.07, 6.45) is 6.66. The van der Waals surface area contributed by atoms with Crippen LogP contribution >= 0.6 is 0 Å². The molecule has 2 fully saturated rings. The lowest BCUT2D eigenvalue weighted by atomic mass is 9.89. The van der Waals surface area contributed by atoms with Crippen molar-refractivity contribution in [2.75, 3.05) is 13.1 Å². The summed E-state index contributed by atoms with van der Waals surface area (Å²) < 4.78 is 2.00. The number of hydrogen-bond acceptors (Lipinski definition) is 3. The molecule has 2 aliphatic rings. The van der Waals surface area contributed by atoms with E-state index in [1.54, 1.807) is 0 Å². The van der Waals surface area contributed by atoms with Gasteiger partial charge in [-0.1, -0.05) is 19.3 Å². The van der Waals surface area contributed by atoms with Gasteiger partial charge in [0.15, 0.2) is 5.82 Å². The molecule has 4 nitrogen and oxygen atoms in total. The first-order chi connectivity index (χ1) is 7.84. The van der Waals surface area contributed by atoms with Crippen molar-refractivity contribution in [2.45, 2.75) is 43.9 Å². The van der Waals surface area contributed by atoms with E-state index in [1.165, 1.54) is 37.9 Å². The van der Waals surface area contributed by atoms with Gasteiger partial charge >= 0.3 is 0 Å². The fourth-order valence-corrected chi connectivity index (χ4v) is 2.78. The van der Waals surface area contributed by atoms with Crippen LogP contribution in [0.25, 0.3) is 0 Å². The zero-order valence-electron chi connectivity index (χ0n) is 9.95. The molecule has 16 heavy (non-hydrogen) atoms. The van der Waals surface area contributed by atoms with Gasteiger partial charge in [0.1, 0.15) is 5.82 Å². The third-order valence-corrected chi connectivity index (χ3v) is 3.93. The Morgan fingerprint density at radius 1 is 1.12 bits per heavy atom. The van der Waals surface area contributed by atoms with Crippen LogP contribution in [0.1, 0.15) is 55.6 Å². The molecule has 1 saturated carbocycles. The number of nitrogens with one attached hydrogen (secondary N) is 1. The van der Waals surface area contributed by atoms with Gasteiger partial charge in [-0.15, -0.1) is 0 Å². The van der Waals surface area contributed by atoms with Crippen LogP contribution in [0.3, 0.4) is 0 Å². The van der Waals surface area contributed by atoms with E-state index >= 15 is 0 Å². The van der Waals surface area contributed by atoms with Crippen LogP contribution in [0, 0.1) is 0 Å². The lowest BCUT2D eigenvalue weighted by Gasteiger charge is -2.25. The van der Waals surface area contributed by atoms with Gasteiger partial charge in [0.05, 0.1) is 0 Å². The first-order valence-electron chi connectivity index (χ1n) is 6.46. The Morgan fingerprint density at radius 2 is 1.88 bits per heavy atom. The topological polar surface area (TPSA) is 42.7 Å². The highest BCUT2D eigenvalue weighted by molar-refractivity contribution is 5.08. The van der Waals surface area contributed by atoms with Crippen molar-refractivity contribution in [2.24, 2.45) is 7.05 Å². The summed E-state index contributed by atoms with van der Waals surface area (Å²) >= 11 is 0. The summed E-state index contributed by atoms with van der Waals surface area (Å²) in [4.78, 5) is 4.77. The van der Waals surface area contributed by atoms with Crippen LogP contribution in [0.2, 0.25) is 0 Å². The highest BCUT2D eigenvalue weighted by atomic mass is 15.3. The van der Waals surface area contributed by atoms with E-state index in [0.717, 1.165) is 18.9 Å². The summed E-state index contributed by atoms with van der Waals surface area (Å²) in [6.45, 7) is 2.13. The third kappa shape index (κ3) is 1.75. The van der Waals surface area contributed by atoms with Gasteiger partial charge in [-0.25, -0.2) is 4.98 Å². The molecule has 88 valence electrons. The van der Waals surface area contributed by atoms with Crippen LogP contribution in [0.15, 0.2) is 0 Å². The van der Waals surface area contributed by atoms with Crippen molar-refractivity contribution in [1.82, 2.24) is 20.1 Å². The maximum Gasteiger partial charge on any atom is 0.154 e. The smallest absolute Gasteiger partial charge is 0.154 e. The van der Waals surface area contributed by atoms with Crippen molar-refractivity contribution in [3.05, 3.63) is 11.6 Å². The first kappa shape index (κ1) is 10.3. The van der Waals surface area contributed by atoms with E-state index < -0.39 is 0 Å². The molecular weight excluding hydrogens is 200 g/mol. The monoisotopic (exact) mass is 220 g/mol. The maximum absolute atomic E-state index is 4.77. The van der Waals surface area contributed by atoms with Gasteiger partial charge < -0.3 is 5.32 Å². The summed E-state index contributed by atoms with van der Waals surface area (Å²) in [5, 5.41) is 7.91. The van der Waals surface area contributed by atoms with E-state index in [0.29, 0.717) is 11.8 Å². The largest absolute Gasteiger partial charge is 0.315 e. The number of aromatic nitrogens is 3. The van der Waals surface area contributed by atoms with Gasteiger partial charge in [0.25, 0.3) is 0 Å². The molecule has 1 saturated heterocycles. The molecule has 0 aromatic carbocycles. The normalized spacial score (nSPS) is 23.3. The van der Waals surface area contributed by atoms with Crippen LogP contribution in [0.4, 0.5) is 0 Å². The average Bonchev–Trinajstić information content (AvgIpc) is 2.60. The highest BCUT2D eigenvalue weighted by Crippen LogP contribution is 2.31. The van der Waals surface area contributed by atoms with Gasteiger partial charge in [0, 0.05) is 32.0 Å². The second-order valence-electron chi connectivity index (χ2n) is 5.14. The zero-order valence-corrected chi connectivity index (χ0v) is 9.95. The lowest BCUT2D eigenvalue weighted by Crippen LogP contribution is -2.41. The molecular formula is C12H20N4. The van der Waals surface area contributed by atoms with Crippen molar-refractivity contribution >= 4 is 0 Å². The second kappa shape index (κ2) is 4.17. The predicted octanol–water partition coefficient (Wildman–Crippen LogP) is 1.55. The van der Waals surface area contributed by atoms with E-state index in [2.05, 4.69) is 10.4 Å². The highest BCUT2D eigenvalue weighted by Gasteiger charge is 2.27. The Hall–Kier alpha value is -0.900. The van der Waals surface area contributed by atoms with Gasteiger partial charge in [-0.2, -0.15) is 5.10 Å². The predicted molar refractivity (Wildman–Crippen MR) is 62.4 cm³/mol. The van der Waals surface area contributed by atoms with E-state index in [4.69, 9.17) is 4.98 Å². The van der Waals surface area contributed by atoms with Crippen molar-refractivity contribution in [3.8, 4) is 0 Å². The molecule has 0 bridgehead atoms. The quantitative estimate of drug-likeness (QED) is 0.822. The minimum absolute atomic E-state index is 0.592. The summed E-state index contributed by atoms with van der Waals surface area (Å²) in [7, 11) is 2.03. The van der Waals surface area contributed by atoms with Gasteiger partial charge in [-0.3, -0.25) is 4.68 Å². The molecule has 1 aromatic heterocycles. The molecule has 0 unspecified atom stereocenters. The van der Waals surface area contributed by atoms with Crippen molar-refractivity contribution in [1.29, 1.82) is 0 Å². The molecule has 1 aliphatic heterocycles. The average molecular weight is 220 g/mol. The van der Waals surface area contributed by atoms with Crippen molar-refractivity contribution in [3.63, 3.8) is 0 Å². The van der Waals surface area contributed by atoms with E-state index in [9.17, 15) is 0 Å². The minimum atomic E-state index is 0.592. The maximum atomic E-state index is 4.77. The molecule has 0 amide bonds. The van der Waals surface area contributed by atoms with Crippen LogP contribution in [-0.2, 0) is 7.05 Å². The Labute approximate surface area is 96.4 Å². The summed E-state index contributed by atoms with van der Waals surface area (Å²) in [5.74, 6) is 3.50. The summed E-state index contributed by atoms with van der Waals surface area (Å²) in [5.41, 5.74) is 0. The summed E-state index contributed by atoms with van der Waals surface area (Å²) in [6, 6.07) is 0. The molecule has 0 atom stereocenters. The number of nitrogens with zero attached hydrogens (tertiary/aromatic N) is 3. The standard InChI is InChI=1S/C12H20N4/c1-16-12(10-7-13-8-10)14-11(15-16)9-5-3-2-4-6-9/h9-10,13H,2-8H2,1H3. The Morgan fingerprint density at radius 3 is 2.50 bits per heavy atom. The first-order valence-corrected chi connectivity index (χ1v) is 6.46. The fourth-order valence-electron chi connectivity index (χ4n) is 2.78. The number of hydrogen-bond donors (Lipinski definition) is 1. The van der Waals surface area contributed by atoms with Crippen molar-refractivity contribution < 1.29 is 0 Å². The number of aryl methyl sites for hydroxylation is 1. The minimum Gasteiger partial charge on any atom is -0.315 e. The van der Waals surface area contributed by atoms with Gasteiger partial charge in [0.2, 0.25) is 0 Å². The van der Waals surface area contributed by atoms with E-state index in [1.807, 2.05) is 11.7 Å². The molecule has 1 N–H and O–H groups in total. The molecule has 3 rings (SSSR count). The molecule has 1 aliphatic carbocycles. The SMILES string of the molecule is Cn1nc(C2CCCCC2)nc1C1CNC1. The molecule has 2 heterocycles. The lowest BCUT2D eigenvalue weighted by molar-refractivity contribution is 0.415. The van der Waals surface area contributed by atoms with E-state index in [-0.39, 0.29) is 0 Å². The molecule has 4 heteroatoms.